The van der Waals surface area contributed by atoms with Crippen molar-refractivity contribution in [2.24, 2.45) is 5.92 Å². The van der Waals surface area contributed by atoms with Gasteiger partial charge in [0.25, 0.3) is 0 Å². The fourth-order valence-corrected chi connectivity index (χ4v) is 1.58. The number of hydrogen-bond acceptors (Lipinski definition) is 4. The number of esters is 2. The molecule has 0 saturated heterocycles. The van der Waals surface area contributed by atoms with E-state index in [4.69, 9.17) is 0 Å². The van der Waals surface area contributed by atoms with E-state index >= 15 is 0 Å². The Morgan fingerprint density at radius 3 is 1.95 bits per heavy atom. The van der Waals surface area contributed by atoms with Crippen molar-refractivity contribution in [3.8, 4) is 0 Å². The van der Waals surface area contributed by atoms with Gasteiger partial charge in [0.05, 0.1) is 14.2 Å². The minimum Gasteiger partial charge on any atom is -0.468 e. The molecule has 0 aliphatic carbocycles. The third-order valence-corrected chi connectivity index (χ3v) is 2.76. The quantitative estimate of drug-likeness (QED) is 0.404. The smallest absolute Gasteiger partial charge is 0.320 e. The first kappa shape index (κ1) is 17.4. The molecule has 0 saturated carbocycles. The summed E-state index contributed by atoms with van der Waals surface area (Å²) in [5, 5.41) is 0. The molecular formula is C15H24O4. The molecule has 0 N–H and O–H groups in total. The summed E-state index contributed by atoms with van der Waals surface area (Å²) in [5.41, 5.74) is 2.44. The molecule has 0 aromatic rings. The van der Waals surface area contributed by atoms with E-state index in [0.717, 1.165) is 18.4 Å². The predicted octanol–water partition coefficient (Wildman–Crippen LogP) is 3.03. The topological polar surface area (TPSA) is 52.6 Å². The highest BCUT2D eigenvalue weighted by atomic mass is 16.5. The van der Waals surface area contributed by atoms with Gasteiger partial charge in [0, 0.05) is 0 Å². The van der Waals surface area contributed by atoms with Crippen molar-refractivity contribution in [2.75, 3.05) is 14.2 Å². The zero-order chi connectivity index (χ0) is 14.8. The maximum absolute atomic E-state index is 11.5. The first-order valence-corrected chi connectivity index (χ1v) is 6.37. The lowest BCUT2D eigenvalue weighted by Gasteiger charge is -2.10. The monoisotopic (exact) mass is 268 g/mol. The second kappa shape index (κ2) is 9.36. The first-order valence-electron chi connectivity index (χ1n) is 6.37. The molecule has 0 radical (unpaired) electrons. The summed E-state index contributed by atoms with van der Waals surface area (Å²) in [6.07, 6.45) is 6.26. The Morgan fingerprint density at radius 1 is 1.00 bits per heavy atom. The molecule has 0 bridgehead atoms. The van der Waals surface area contributed by atoms with Crippen LogP contribution in [0.1, 0.15) is 40.0 Å². The first-order chi connectivity index (χ1) is 8.92. The SMILES string of the molecule is COC(=O)C(C/C=C(/C)CCC=C(C)C)C(=O)OC. The molecule has 0 aromatic heterocycles. The van der Waals surface area contributed by atoms with Crippen LogP contribution in [0.5, 0.6) is 0 Å². The maximum Gasteiger partial charge on any atom is 0.320 e. The Bertz CT molecular complexity index is 346. The lowest BCUT2D eigenvalue weighted by atomic mass is 10.0. The highest BCUT2D eigenvalue weighted by Crippen LogP contribution is 2.13. The van der Waals surface area contributed by atoms with Gasteiger partial charge in [-0.2, -0.15) is 0 Å². The molecule has 0 heterocycles. The molecular weight excluding hydrogens is 244 g/mol. The number of methoxy groups -OCH3 is 2. The number of carbonyl (C=O) groups is 2. The van der Waals surface area contributed by atoms with E-state index in [-0.39, 0.29) is 0 Å². The van der Waals surface area contributed by atoms with Crippen LogP contribution in [0.25, 0.3) is 0 Å². The minimum atomic E-state index is -0.867. The summed E-state index contributed by atoms with van der Waals surface area (Å²) in [6, 6.07) is 0. The van der Waals surface area contributed by atoms with Crippen molar-refractivity contribution in [1.82, 2.24) is 0 Å². The number of rotatable bonds is 7. The normalized spacial score (nSPS) is 11.2. The summed E-state index contributed by atoms with van der Waals surface area (Å²) in [6.45, 7) is 6.11. The van der Waals surface area contributed by atoms with Gasteiger partial charge in [0.2, 0.25) is 0 Å². The van der Waals surface area contributed by atoms with Crippen LogP contribution in [-0.2, 0) is 19.1 Å². The molecule has 0 rings (SSSR count). The second-order valence-corrected chi connectivity index (χ2v) is 4.71. The number of allylic oxidation sites excluding steroid dienone is 4. The zero-order valence-electron chi connectivity index (χ0n) is 12.5. The molecule has 0 aromatic carbocycles. The third-order valence-electron chi connectivity index (χ3n) is 2.76. The highest BCUT2D eigenvalue weighted by Gasteiger charge is 2.27. The van der Waals surface area contributed by atoms with Gasteiger partial charge >= 0.3 is 11.9 Å². The van der Waals surface area contributed by atoms with Gasteiger partial charge in [-0.15, -0.1) is 0 Å². The Balaban J connectivity index is 4.48. The number of ether oxygens (including phenoxy) is 2. The van der Waals surface area contributed by atoms with Gasteiger partial charge < -0.3 is 9.47 Å². The largest absolute Gasteiger partial charge is 0.468 e. The van der Waals surface area contributed by atoms with Gasteiger partial charge in [-0.25, -0.2) is 0 Å². The van der Waals surface area contributed by atoms with Crippen molar-refractivity contribution in [2.45, 2.75) is 40.0 Å². The maximum atomic E-state index is 11.5. The van der Waals surface area contributed by atoms with Gasteiger partial charge in [-0.1, -0.05) is 23.3 Å². The fourth-order valence-electron chi connectivity index (χ4n) is 1.58. The van der Waals surface area contributed by atoms with Crippen LogP contribution in [0.3, 0.4) is 0 Å². The van der Waals surface area contributed by atoms with Crippen LogP contribution in [0, 0.1) is 5.92 Å². The molecule has 0 amide bonds. The van der Waals surface area contributed by atoms with E-state index in [0.29, 0.717) is 6.42 Å². The Kier molecular flexibility index (Phi) is 8.58. The van der Waals surface area contributed by atoms with Gasteiger partial charge in [0.1, 0.15) is 0 Å². The minimum absolute atomic E-state index is 0.319. The average Bonchev–Trinajstić information content (AvgIpc) is 2.37. The summed E-state index contributed by atoms with van der Waals surface area (Å²) in [5.74, 6) is -1.98. The van der Waals surface area contributed by atoms with Crippen molar-refractivity contribution in [3.05, 3.63) is 23.3 Å². The zero-order valence-corrected chi connectivity index (χ0v) is 12.5. The molecule has 0 aliphatic heterocycles. The summed E-state index contributed by atoms with van der Waals surface area (Å²) in [7, 11) is 2.54. The lowest BCUT2D eigenvalue weighted by Crippen LogP contribution is -2.26. The van der Waals surface area contributed by atoms with Crippen LogP contribution in [0.2, 0.25) is 0 Å². The van der Waals surface area contributed by atoms with Gasteiger partial charge in [-0.3, -0.25) is 9.59 Å². The average molecular weight is 268 g/mol. The molecule has 4 nitrogen and oxygen atoms in total. The molecule has 0 aliphatic rings. The molecule has 0 atom stereocenters. The van der Waals surface area contributed by atoms with Crippen LogP contribution in [-0.4, -0.2) is 26.2 Å². The fraction of sp³-hybridized carbons (Fsp3) is 0.600. The second-order valence-electron chi connectivity index (χ2n) is 4.71. The number of hydrogen-bond donors (Lipinski definition) is 0. The van der Waals surface area contributed by atoms with Gasteiger partial charge in [0.15, 0.2) is 5.92 Å². The molecule has 4 heteroatoms. The third kappa shape index (κ3) is 7.44. The molecule has 19 heavy (non-hydrogen) atoms. The molecule has 0 unspecified atom stereocenters. The lowest BCUT2D eigenvalue weighted by molar-refractivity contribution is -0.158. The van der Waals surface area contributed by atoms with E-state index < -0.39 is 17.9 Å². The Labute approximate surface area is 115 Å². The summed E-state index contributed by atoms with van der Waals surface area (Å²) in [4.78, 5) is 22.9. The van der Waals surface area contributed by atoms with E-state index in [2.05, 4.69) is 29.4 Å². The van der Waals surface area contributed by atoms with Crippen molar-refractivity contribution < 1.29 is 19.1 Å². The number of carbonyl (C=O) groups excluding carboxylic acids is 2. The Morgan fingerprint density at radius 2 is 1.53 bits per heavy atom. The van der Waals surface area contributed by atoms with Crippen LogP contribution in [0.4, 0.5) is 0 Å². The van der Waals surface area contributed by atoms with Crippen LogP contribution < -0.4 is 0 Å². The van der Waals surface area contributed by atoms with E-state index in [1.807, 2.05) is 13.0 Å². The van der Waals surface area contributed by atoms with Crippen molar-refractivity contribution in [1.29, 1.82) is 0 Å². The van der Waals surface area contributed by atoms with Crippen LogP contribution in [0.15, 0.2) is 23.3 Å². The van der Waals surface area contributed by atoms with E-state index in [9.17, 15) is 9.59 Å². The van der Waals surface area contributed by atoms with Crippen molar-refractivity contribution >= 4 is 11.9 Å². The summed E-state index contributed by atoms with van der Waals surface area (Å²) < 4.78 is 9.20. The molecule has 0 fully saturated rings. The highest BCUT2D eigenvalue weighted by molar-refractivity contribution is 5.94. The van der Waals surface area contributed by atoms with Gasteiger partial charge in [-0.05, 0) is 40.0 Å². The van der Waals surface area contributed by atoms with Crippen molar-refractivity contribution in [3.63, 3.8) is 0 Å². The standard InChI is InChI=1S/C15H24O4/c1-11(2)7-6-8-12(3)9-10-13(14(16)18-4)15(17)19-5/h7,9,13H,6,8,10H2,1-5H3/b12-9-. The molecule has 108 valence electrons. The van der Waals surface area contributed by atoms with E-state index in [1.165, 1.54) is 19.8 Å². The Hall–Kier alpha value is -1.58. The molecule has 0 spiro atoms. The summed E-state index contributed by atoms with van der Waals surface area (Å²) >= 11 is 0. The van der Waals surface area contributed by atoms with E-state index in [1.54, 1.807) is 0 Å². The predicted molar refractivity (Wildman–Crippen MR) is 74.6 cm³/mol. The van der Waals surface area contributed by atoms with Crippen LogP contribution >= 0.6 is 0 Å².